The van der Waals surface area contributed by atoms with Crippen molar-refractivity contribution in [3.63, 3.8) is 0 Å². The van der Waals surface area contributed by atoms with Crippen LogP contribution in [0.4, 0.5) is 0 Å². The molecule has 2 aliphatic rings. The molecule has 2 bridgehead atoms. The summed E-state index contributed by atoms with van der Waals surface area (Å²) in [6.45, 7) is 7.00. The second kappa shape index (κ2) is 12.9. The normalized spacial score (nSPS) is 35.3. The molecule has 9 heteroatoms. The van der Waals surface area contributed by atoms with E-state index < -0.39 is 41.9 Å². The molecule has 1 aliphatic heterocycles. The van der Waals surface area contributed by atoms with Crippen LogP contribution in [-0.2, 0) is 23.9 Å². The summed E-state index contributed by atoms with van der Waals surface area (Å²) in [4.78, 5) is 38.2. The van der Waals surface area contributed by atoms with Gasteiger partial charge in [-0.1, -0.05) is 38.2 Å². The maximum Gasteiger partial charge on any atom is 0.251 e. The number of allylic oxidation sites excluding steroid dienone is 4. The third-order valence-electron chi connectivity index (χ3n) is 6.62. The molecule has 0 spiro atoms. The molecule has 198 valence electrons. The van der Waals surface area contributed by atoms with Crippen molar-refractivity contribution in [2.75, 3.05) is 14.2 Å². The molecular formula is C27H38N2O7. The summed E-state index contributed by atoms with van der Waals surface area (Å²) in [6, 6.07) is 0. The molecule has 0 saturated carbocycles. The number of carbonyl (C=O) groups is 3. The zero-order valence-corrected chi connectivity index (χ0v) is 21.8. The zero-order valence-electron chi connectivity index (χ0n) is 21.8. The standard InChI is InChI=1S/C27H38N2O7/c1-14-10-18-23(28)20(30)13-19(26(18)33)29-27(34)15(2)8-7-9-21(35-5)24(31)16(3)12-17(4)25(32)22(11-14)36-6/h7-9,12-14,17,21-22,24-25,31-32H,10-11,28H2,1-6H3,(H,29,34)/b9-7-,15-8+,16-12+/t14-,17+,21-,22-,24+,25-/m1/s1/i28+1. The van der Waals surface area contributed by atoms with Crippen LogP contribution in [0.3, 0.4) is 0 Å². The molecule has 1 aliphatic carbocycles. The number of nitrogens with one attached hydrogen (secondary N) is 1. The lowest BCUT2D eigenvalue weighted by molar-refractivity contribution is -0.120. The SMILES string of the molecule is CO[C@@H]1/C=C\C=C(/C)C(=O)NC2=CC(=O)C([15NH2])=C(C[C@@H](C)C[C@@H](OC)[C@H](O)[C@@H](C)/C=C(\C)[C@@H]1O)C2=O. The van der Waals surface area contributed by atoms with Crippen LogP contribution in [0.15, 0.2) is 58.5 Å². The molecule has 1 heterocycles. The Morgan fingerprint density at radius 3 is 2.36 bits per heavy atom. The fraction of sp³-hybridized carbons (Fsp3) is 0.519. The monoisotopic (exact) mass is 503 g/mol. The van der Waals surface area contributed by atoms with Crippen molar-refractivity contribution < 1.29 is 34.1 Å². The molecular weight excluding hydrogens is 465 g/mol. The van der Waals surface area contributed by atoms with Crippen LogP contribution in [0.25, 0.3) is 0 Å². The van der Waals surface area contributed by atoms with E-state index in [1.165, 1.54) is 20.3 Å². The summed E-state index contributed by atoms with van der Waals surface area (Å²) in [5.41, 5.74) is 6.69. The molecule has 0 radical (unpaired) electrons. The summed E-state index contributed by atoms with van der Waals surface area (Å²) >= 11 is 0. The molecule has 2 rings (SSSR count). The molecule has 36 heavy (non-hydrogen) atoms. The van der Waals surface area contributed by atoms with Gasteiger partial charge in [0.05, 0.1) is 23.6 Å². The Balaban J connectivity index is 2.50. The number of fused-ring (bicyclic) bond motifs is 2. The second-order valence-corrected chi connectivity index (χ2v) is 9.56. The molecule has 0 unspecified atom stereocenters. The quantitative estimate of drug-likeness (QED) is 0.252. The van der Waals surface area contributed by atoms with E-state index in [1.54, 1.807) is 32.1 Å². The average Bonchev–Trinajstić information content (AvgIpc) is 2.84. The summed E-state index contributed by atoms with van der Waals surface area (Å²) in [5, 5.41) is 24.3. The van der Waals surface area contributed by atoms with Crippen molar-refractivity contribution in [1.82, 2.24) is 5.32 Å². The Morgan fingerprint density at radius 1 is 1.08 bits per heavy atom. The minimum Gasteiger partial charge on any atom is -0.395 e. The second-order valence-electron chi connectivity index (χ2n) is 9.56. The molecule has 0 aromatic heterocycles. The largest absolute Gasteiger partial charge is 0.395 e. The number of amides is 1. The van der Waals surface area contributed by atoms with Gasteiger partial charge in [-0.25, -0.2) is 0 Å². The van der Waals surface area contributed by atoms with Crippen LogP contribution >= 0.6 is 0 Å². The third kappa shape index (κ3) is 7.10. The molecule has 0 saturated heterocycles. The highest BCUT2D eigenvalue weighted by molar-refractivity contribution is 6.23. The van der Waals surface area contributed by atoms with Crippen LogP contribution in [-0.4, -0.2) is 66.3 Å². The number of nitrogens with two attached hydrogens (primary N) is 1. The van der Waals surface area contributed by atoms with E-state index in [4.69, 9.17) is 15.2 Å². The fourth-order valence-electron chi connectivity index (χ4n) is 4.34. The Morgan fingerprint density at radius 2 is 1.75 bits per heavy atom. The number of carbonyl (C=O) groups excluding carboxylic acids is 3. The van der Waals surface area contributed by atoms with E-state index in [0.717, 1.165) is 6.08 Å². The molecule has 9 nitrogen and oxygen atoms in total. The zero-order chi connectivity index (χ0) is 27.2. The number of methoxy groups -OCH3 is 2. The first-order chi connectivity index (χ1) is 16.9. The van der Waals surface area contributed by atoms with E-state index >= 15 is 0 Å². The highest BCUT2D eigenvalue weighted by atomic mass is 16.5. The minimum atomic E-state index is -0.978. The molecule has 0 aromatic rings. The van der Waals surface area contributed by atoms with Crippen LogP contribution in [0.5, 0.6) is 0 Å². The van der Waals surface area contributed by atoms with Gasteiger partial charge in [0.15, 0.2) is 0 Å². The Bertz CT molecular complexity index is 1020. The van der Waals surface area contributed by atoms with E-state index in [-0.39, 0.29) is 40.8 Å². The summed E-state index contributed by atoms with van der Waals surface area (Å²) < 4.78 is 11.0. The predicted molar refractivity (Wildman–Crippen MR) is 135 cm³/mol. The minimum absolute atomic E-state index is 0.129. The number of ketones is 2. The van der Waals surface area contributed by atoms with E-state index in [9.17, 15) is 24.6 Å². The highest BCUT2D eigenvalue weighted by Crippen LogP contribution is 2.27. The van der Waals surface area contributed by atoms with Crippen molar-refractivity contribution in [3.05, 3.63) is 58.5 Å². The summed E-state index contributed by atoms with van der Waals surface area (Å²) in [6.07, 6.45) is 4.89. The van der Waals surface area contributed by atoms with Crippen LogP contribution in [0, 0.1) is 11.8 Å². The number of aliphatic hydroxyl groups is 2. The number of aliphatic hydroxyl groups excluding tert-OH is 2. The van der Waals surface area contributed by atoms with Gasteiger partial charge >= 0.3 is 0 Å². The lowest BCUT2D eigenvalue weighted by atomic mass is 9.85. The number of Topliss-reactive ketones (excluding diaryl/α,β-unsaturated/α-hetero) is 1. The lowest BCUT2D eigenvalue weighted by Gasteiger charge is -2.29. The van der Waals surface area contributed by atoms with Crippen molar-refractivity contribution in [3.8, 4) is 0 Å². The van der Waals surface area contributed by atoms with Crippen molar-refractivity contribution in [2.24, 2.45) is 17.6 Å². The van der Waals surface area contributed by atoms with E-state index in [1.807, 2.05) is 13.8 Å². The Kier molecular flexibility index (Phi) is 10.5. The van der Waals surface area contributed by atoms with Gasteiger partial charge in [0.1, 0.15) is 12.2 Å². The number of hydrogen-bond donors (Lipinski definition) is 4. The average molecular weight is 504 g/mol. The Labute approximate surface area is 212 Å². The first kappa shape index (κ1) is 29.4. The van der Waals surface area contributed by atoms with E-state index in [0.29, 0.717) is 12.0 Å². The molecule has 0 fully saturated rings. The first-order valence-electron chi connectivity index (χ1n) is 12.0. The van der Waals surface area contributed by atoms with Gasteiger partial charge in [0.2, 0.25) is 11.6 Å². The molecule has 5 N–H and O–H groups in total. The van der Waals surface area contributed by atoms with Crippen molar-refractivity contribution in [2.45, 2.75) is 65.0 Å². The third-order valence-corrected chi connectivity index (χ3v) is 6.62. The molecule has 1 amide bonds. The summed E-state index contributed by atoms with van der Waals surface area (Å²) in [7, 11) is 2.95. The first-order valence-corrected chi connectivity index (χ1v) is 12.0. The smallest absolute Gasteiger partial charge is 0.251 e. The van der Waals surface area contributed by atoms with Gasteiger partial charge in [-0.05, 0) is 38.2 Å². The van der Waals surface area contributed by atoms with Crippen LogP contribution in [0.1, 0.15) is 40.5 Å². The Hall–Kier alpha value is -2.85. The lowest BCUT2D eigenvalue weighted by Crippen LogP contribution is -2.36. The predicted octanol–water partition coefficient (Wildman–Crippen LogP) is 1.62. The van der Waals surface area contributed by atoms with Gasteiger partial charge in [-0.2, -0.15) is 0 Å². The van der Waals surface area contributed by atoms with Crippen LogP contribution in [0.2, 0.25) is 0 Å². The van der Waals surface area contributed by atoms with Crippen molar-refractivity contribution in [1.29, 1.82) is 0 Å². The fourth-order valence-corrected chi connectivity index (χ4v) is 4.34. The van der Waals surface area contributed by atoms with Crippen molar-refractivity contribution >= 4 is 17.5 Å². The molecule has 6 atom stereocenters. The topological polar surface area (TPSA) is 148 Å². The van der Waals surface area contributed by atoms with Gasteiger partial charge in [-0.3, -0.25) is 14.4 Å². The maximum atomic E-state index is 13.1. The van der Waals surface area contributed by atoms with Gasteiger partial charge in [0.25, 0.3) is 5.91 Å². The number of ether oxygens (including phenoxy) is 2. The van der Waals surface area contributed by atoms with Crippen LogP contribution < -0.4 is 11.1 Å². The van der Waals surface area contributed by atoms with Gasteiger partial charge < -0.3 is 30.7 Å². The van der Waals surface area contributed by atoms with Gasteiger partial charge in [0, 0.05) is 37.4 Å². The highest BCUT2D eigenvalue weighted by Gasteiger charge is 2.32. The van der Waals surface area contributed by atoms with Gasteiger partial charge in [-0.15, -0.1) is 0 Å². The maximum absolute atomic E-state index is 13.1. The number of hydrogen-bond acceptors (Lipinski definition) is 8. The molecule has 0 aromatic carbocycles. The summed E-state index contributed by atoms with van der Waals surface area (Å²) in [5.74, 6) is -2.16. The number of rotatable bonds is 2. The van der Waals surface area contributed by atoms with E-state index in [2.05, 4.69) is 5.32 Å².